The summed E-state index contributed by atoms with van der Waals surface area (Å²) in [4.78, 5) is 43.6. The quantitative estimate of drug-likeness (QED) is 0.212. The van der Waals surface area contributed by atoms with Gasteiger partial charge in [-0.2, -0.15) is 0 Å². The number of allylic oxidation sites excluding steroid dienone is 1. The van der Waals surface area contributed by atoms with Gasteiger partial charge in [-0.15, -0.1) is 0 Å². The van der Waals surface area contributed by atoms with E-state index in [0.717, 1.165) is 0 Å². The molecule has 1 N–H and O–H groups in total. The van der Waals surface area contributed by atoms with Crippen LogP contribution in [0.2, 0.25) is 5.02 Å². The zero-order valence-electron chi connectivity index (χ0n) is 25.1. The maximum absolute atomic E-state index is 14.0. The number of aromatic nitrogens is 1. The van der Waals surface area contributed by atoms with Crippen LogP contribution in [0.25, 0.3) is 6.08 Å². The summed E-state index contributed by atoms with van der Waals surface area (Å²) in [6.07, 6.45) is 1.67. The zero-order chi connectivity index (χ0) is 33.1. The Labute approximate surface area is 280 Å². The number of hydrogen-bond donors (Lipinski definition) is 1. The second-order valence-electron chi connectivity index (χ2n) is 10.0. The van der Waals surface area contributed by atoms with E-state index in [4.69, 9.17) is 30.5 Å². The van der Waals surface area contributed by atoms with Crippen LogP contribution >= 0.6 is 38.9 Å². The lowest BCUT2D eigenvalue weighted by molar-refractivity contribution is -0.139. The van der Waals surface area contributed by atoms with Crippen LogP contribution in [0.4, 0.5) is 0 Å². The number of aromatic carboxylic acids is 1. The average molecular weight is 728 g/mol. The minimum Gasteiger partial charge on any atom is -0.496 e. The van der Waals surface area contributed by atoms with Crippen molar-refractivity contribution in [3.63, 3.8) is 0 Å². The number of carbonyl (C=O) groups is 2. The van der Waals surface area contributed by atoms with Gasteiger partial charge in [0.15, 0.2) is 16.3 Å². The number of benzene rings is 3. The molecule has 1 aliphatic rings. The summed E-state index contributed by atoms with van der Waals surface area (Å²) in [6, 6.07) is 14.3. The molecule has 0 saturated carbocycles. The molecule has 1 aromatic heterocycles. The first kappa shape index (κ1) is 33.0. The average Bonchev–Trinajstić information content (AvgIpc) is 3.33. The summed E-state index contributed by atoms with van der Waals surface area (Å²) >= 11 is 11.3. The fourth-order valence-electron chi connectivity index (χ4n) is 5.02. The van der Waals surface area contributed by atoms with Gasteiger partial charge >= 0.3 is 11.9 Å². The van der Waals surface area contributed by atoms with Crippen molar-refractivity contribution in [2.75, 3.05) is 20.8 Å². The summed E-state index contributed by atoms with van der Waals surface area (Å²) in [5, 5.41) is 9.51. The van der Waals surface area contributed by atoms with Gasteiger partial charge in [0.25, 0.3) is 5.56 Å². The van der Waals surface area contributed by atoms with E-state index in [9.17, 15) is 19.5 Å². The largest absolute Gasteiger partial charge is 0.496 e. The molecule has 2 heterocycles. The van der Waals surface area contributed by atoms with Crippen molar-refractivity contribution < 1.29 is 33.6 Å². The number of esters is 1. The first-order valence-electron chi connectivity index (χ1n) is 13.9. The minimum absolute atomic E-state index is 0.0543. The Bertz CT molecular complexity index is 2070. The molecule has 46 heavy (non-hydrogen) atoms. The number of halogens is 2. The van der Waals surface area contributed by atoms with E-state index in [1.165, 1.54) is 35.1 Å². The number of hydrogen-bond acceptors (Lipinski definition) is 9. The van der Waals surface area contributed by atoms with E-state index in [0.29, 0.717) is 47.7 Å². The van der Waals surface area contributed by atoms with Crippen LogP contribution in [0.1, 0.15) is 46.9 Å². The van der Waals surface area contributed by atoms with Gasteiger partial charge in [-0.25, -0.2) is 14.6 Å². The molecule has 0 spiro atoms. The van der Waals surface area contributed by atoms with Gasteiger partial charge in [-0.1, -0.05) is 41.1 Å². The predicted octanol–water partition coefficient (Wildman–Crippen LogP) is 5.51. The summed E-state index contributed by atoms with van der Waals surface area (Å²) in [7, 11) is 3.02. The molecule has 3 aromatic carbocycles. The monoisotopic (exact) mass is 726 g/mol. The van der Waals surface area contributed by atoms with Gasteiger partial charge in [0.05, 0.1) is 57.7 Å². The molecule has 1 aliphatic heterocycles. The molecular formula is C33H28BrClN2O8S. The fraction of sp³-hybridized carbons (Fsp3) is 0.212. The second kappa shape index (κ2) is 13.9. The molecule has 0 saturated heterocycles. The molecule has 0 aliphatic carbocycles. The van der Waals surface area contributed by atoms with Gasteiger partial charge < -0.3 is 24.1 Å². The third-order valence-corrected chi connectivity index (χ3v) is 9.00. The number of carboxylic acids is 1. The van der Waals surface area contributed by atoms with Gasteiger partial charge in [0, 0.05) is 0 Å². The van der Waals surface area contributed by atoms with Crippen LogP contribution in [0.5, 0.6) is 17.2 Å². The Balaban J connectivity index is 1.56. The minimum atomic E-state index is -1.04. The lowest BCUT2D eigenvalue weighted by Gasteiger charge is -2.25. The van der Waals surface area contributed by atoms with Crippen molar-refractivity contribution >= 4 is 56.9 Å². The van der Waals surface area contributed by atoms with E-state index in [1.54, 1.807) is 69.5 Å². The molecule has 4 aromatic rings. The standard InChI is InChI=1S/C33H28BrClN2O8S/c1-5-44-32(41)27-17(2)36-33-37(28(27)20-9-10-24(42-3)22(34)15-20)30(38)26(46-33)14-19-12-23(35)29(25(13-19)43-4)45-16-18-7-6-8-21(11-18)31(39)40/h6-15,28H,5,16H2,1-4H3,(H,39,40)/b26-14+/t28-/m1/s1. The Morgan fingerprint density at radius 3 is 2.54 bits per heavy atom. The summed E-state index contributed by atoms with van der Waals surface area (Å²) in [5.74, 6) is -0.411. The summed E-state index contributed by atoms with van der Waals surface area (Å²) in [5.41, 5.74) is 2.36. The van der Waals surface area contributed by atoms with Crippen LogP contribution in [0, 0.1) is 0 Å². The number of ether oxygens (including phenoxy) is 4. The highest BCUT2D eigenvalue weighted by Crippen LogP contribution is 2.38. The van der Waals surface area contributed by atoms with Crippen molar-refractivity contribution in [3.05, 3.63) is 117 Å². The van der Waals surface area contributed by atoms with Gasteiger partial charge in [-0.3, -0.25) is 9.36 Å². The smallest absolute Gasteiger partial charge is 0.338 e. The van der Waals surface area contributed by atoms with Gasteiger partial charge in [0.2, 0.25) is 0 Å². The van der Waals surface area contributed by atoms with E-state index in [2.05, 4.69) is 20.9 Å². The molecule has 0 bridgehead atoms. The predicted molar refractivity (Wildman–Crippen MR) is 177 cm³/mol. The molecule has 1 atom stereocenters. The van der Waals surface area contributed by atoms with E-state index in [1.807, 2.05) is 0 Å². The van der Waals surface area contributed by atoms with Crippen molar-refractivity contribution in [3.8, 4) is 17.2 Å². The molecule has 0 unspecified atom stereocenters. The van der Waals surface area contributed by atoms with Gasteiger partial charge in [-0.05, 0) is 88.9 Å². The Hall–Kier alpha value is -4.39. The van der Waals surface area contributed by atoms with Crippen molar-refractivity contribution in [1.82, 2.24) is 4.57 Å². The zero-order valence-corrected chi connectivity index (χ0v) is 28.3. The van der Waals surface area contributed by atoms with Crippen LogP contribution in [0.15, 0.2) is 80.1 Å². The third kappa shape index (κ3) is 6.60. The number of carbonyl (C=O) groups excluding carboxylic acids is 1. The van der Waals surface area contributed by atoms with Crippen LogP contribution in [-0.2, 0) is 16.1 Å². The van der Waals surface area contributed by atoms with E-state index in [-0.39, 0.29) is 40.7 Å². The SMILES string of the molecule is CCOC(=O)C1=C(C)N=c2s/c(=C/c3cc(Cl)c(OCc4cccc(C(=O)O)c4)c(OC)c3)c(=O)n2[C@@H]1c1ccc(OC)c(Br)c1. The number of nitrogens with zero attached hydrogens (tertiary/aromatic N) is 2. The topological polar surface area (TPSA) is 126 Å². The fourth-order valence-corrected chi connectivity index (χ4v) is 6.90. The van der Waals surface area contributed by atoms with Crippen LogP contribution in [0.3, 0.4) is 0 Å². The molecule has 13 heteroatoms. The lowest BCUT2D eigenvalue weighted by Crippen LogP contribution is -2.40. The Morgan fingerprint density at radius 1 is 1.11 bits per heavy atom. The number of carboxylic acid groups (broad SMARTS) is 1. The van der Waals surface area contributed by atoms with Gasteiger partial charge in [0.1, 0.15) is 12.4 Å². The number of fused-ring (bicyclic) bond motifs is 1. The highest BCUT2D eigenvalue weighted by Gasteiger charge is 2.33. The van der Waals surface area contributed by atoms with E-state index < -0.39 is 18.0 Å². The maximum atomic E-state index is 14.0. The van der Waals surface area contributed by atoms with Crippen LogP contribution < -0.4 is 29.1 Å². The van der Waals surface area contributed by atoms with Crippen molar-refractivity contribution in [1.29, 1.82) is 0 Å². The summed E-state index contributed by atoms with van der Waals surface area (Å²) in [6.45, 7) is 3.65. The molecule has 0 amide bonds. The second-order valence-corrected chi connectivity index (χ2v) is 12.3. The highest BCUT2D eigenvalue weighted by atomic mass is 79.9. The van der Waals surface area contributed by atoms with E-state index >= 15 is 0 Å². The number of methoxy groups -OCH3 is 2. The first-order chi connectivity index (χ1) is 22.1. The maximum Gasteiger partial charge on any atom is 0.338 e. The molecule has 238 valence electrons. The normalized spacial score (nSPS) is 14.4. The Kier molecular flexibility index (Phi) is 10.00. The van der Waals surface area contributed by atoms with Crippen molar-refractivity contribution in [2.45, 2.75) is 26.5 Å². The molecule has 0 radical (unpaired) electrons. The number of rotatable bonds is 10. The van der Waals surface area contributed by atoms with Crippen LogP contribution in [-0.4, -0.2) is 42.4 Å². The first-order valence-corrected chi connectivity index (χ1v) is 15.9. The molecular weight excluding hydrogens is 700 g/mol. The molecule has 5 rings (SSSR count). The van der Waals surface area contributed by atoms with Crippen molar-refractivity contribution in [2.24, 2.45) is 4.99 Å². The summed E-state index contributed by atoms with van der Waals surface area (Å²) < 4.78 is 24.7. The lowest BCUT2D eigenvalue weighted by atomic mass is 9.96. The third-order valence-electron chi connectivity index (χ3n) is 7.12. The number of thiazole rings is 1. The highest BCUT2D eigenvalue weighted by molar-refractivity contribution is 9.10. The molecule has 10 nitrogen and oxygen atoms in total. The molecule has 0 fully saturated rings. The Morgan fingerprint density at radius 2 is 1.87 bits per heavy atom.